The average Bonchev–Trinajstić information content (AvgIpc) is 2.64. The van der Waals surface area contributed by atoms with Crippen LogP contribution in [0.2, 0.25) is 0 Å². The van der Waals surface area contributed by atoms with E-state index in [4.69, 9.17) is 0 Å². The first kappa shape index (κ1) is 15.5. The molecule has 0 radical (unpaired) electrons. The number of hydrogen-bond acceptors (Lipinski definition) is 3. The van der Waals surface area contributed by atoms with Crippen molar-refractivity contribution in [1.82, 2.24) is 4.98 Å². The molecule has 1 atom stereocenters. The minimum Gasteiger partial charge on any atom is -0.380 e. The second-order valence-corrected chi connectivity index (χ2v) is 7.11. The van der Waals surface area contributed by atoms with Gasteiger partial charge in [-0.15, -0.1) is 0 Å². The molecule has 3 aromatic rings. The van der Waals surface area contributed by atoms with Crippen molar-refractivity contribution in [3.05, 3.63) is 65.3 Å². The average molecular weight is 382 g/mol. The molecule has 1 fully saturated rings. The highest BCUT2D eigenvalue weighted by molar-refractivity contribution is 9.10. The maximum absolute atomic E-state index is 4.50. The van der Waals surface area contributed by atoms with Crippen LogP contribution >= 0.6 is 15.9 Å². The van der Waals surface area contributed by atoms with Crippen molar-refractivity contribution in [2.45, 2.75) is 18.9 Å². The highest BCUT2D eigenvalue weighted by atomic mass is 79.9. The molecule has 3 nitrogen and oxygen atoms in total. The second-order valence-electron chi connectivity index (χ2n) is 6.26. The van der Waals surface area contributed by atoms with Crippen LogP contribution in [-0.4, -0.2) is 24.1 Å². The molecule has 0 bridgehead atoms. The van der Waals surface area contributed by atoms with Crippen molar-refractivity contribution < 1.29 is 0 Å². The Hall–Kier alpha value is -2.07. The van der Waals surface area contributed by atoms with Gasteiger partial charge >= 0.3 is 0 Å². The van der Waals surface area contributed by atoms with Crippen molar-refractivity contribution in [2.75, 3.05) is 23.3 Å². The van der Waals surface area contributed by atoms with E-state index in [1.165, 1.54) is 29.6 Å². The normalized spacial score (nSPS) is 17.9. The van der Waals surface area contributed by atoms with Gasteiger partial charge in [0.05, 0.1) is 5.52 Å². The number of nitrogens with one attached hydrogen (secondary N) is 1. The number of benzene rings is 2. The Morgan fingerprint density at radius 3 is 2.79 bits per heavy atom. The summed E-state index contributed by atoms with van der Waals surface area (Å²) in [6.45, 7) is 2.16. The minimum atomic E-state index is 0.448. The summed E-state index contributed by atoms with van der Waals surface area (Å²) < 4.78 is 1.04. The Labute approximate surface area is 150 Å². The summed E-state index contributed by atoms with van der Waals surface area (Å²) in [7, 11) is 0. The van der Waals surface area contributed by atoms with Gasteiger partial charge in [-0.2, -0.15) is 0 Å². The molecule has 2 heterocycles. The van der Waals surface area contributed by atoms with E-state index in [9.17, 15) is 0 Å². The predicted octanol–water partition coefficient (Wildman–Crippen LogP) is 5.08. The van der Waals surface area contributed by atoms with E-state index >= 15 is 0 Å². The topological polar surface area (TPSA) is 28.2 Å². The molecule has 24 heavy (non-hydrogen) atoms. The predicted molar refractivity (Wildman–Crippen MR) is 105 cm³/mol. The van der Waals surface area contributed by atoms with Crippen molar-refractivity contribution in [3.8, 4) is 0 Å². The molecule has 0 saturated carbocycles. The van der Waals surface area contributed by atoms with Crippen molar-refractivity contribution in [1.29, 1.82) is 0 Å². The van der Waals surface area contributed by atoms with Crippen molar-refractivity contribution >= 4 is 38.2 Å². The Morgan fingerprint density at radius 2 is 1.92 bits per heavy atom. The second kappa shape index (κ2) is 6.81. The van der Waals surface area contributed by atoms with E-state index in [0.29, 0.717) is 6.04 Å². The van der Waals surface area contributed by atoms with Crippen LogP contribution in [0.4, 0.5) is 11.4 Å². The Balaban J connectivity index is 1.56. The molecule has 1 aliphatic rings. The van der Waals surface area contributed by atoms with Crippen LogP contribution in [0, 0.1) is 0 Å². The van der Waals surface area contributed by atoms with E-state index in [0.717, 1.165) is 23.1 Å². The summed E-state index contributed by atoms with van der Waals surface area (Å²) in [5, 5.41) is 4.92. The number of hydrogen-bond donors (Lipinski definition) is 1. The molecule has 1 N–H and O–H groups in total. The van der Waals surface area contributed by atoms with Gasteiger partial charge in [0, 0.05) is 46.6 Å². The maximum atomic E-state index is 4.50. The summed E-state index contributed by atoms with van der Waals surface area (Å²) in [4.78, 5) is 6.97. The zero-order chi connectivity index (χ0) is 16.4. The molecule has 4 rings (SSSR count). The van der Waals surface area contributed by atoms with Gasteiger partial charge in [0.2, 0.25) is 0 Å². The lowest BCUT2D eigenvalue weighted by atomic mass is 10.0. The number of nitrogens with zero attached hydrogens (tertiary/aromatic N) is 2. The first-order valence-electron chi connectivity index (χ1n) is 8.41. The number of aromatic nitrogens is 1. The van der Waals surface area contributed by atoms with Gasteiger partial charge in [0.1, 0.15) is 0 Å². The van der Waals surface area contributed by atoms with Gasteiger partial charge in [-0.25, -0.2) is 0 Å². The third-order valence-corrected chi connectivity index (χ3v) is 5.26. The molecule has 1 unspecified atom stereocenters. The van der Waals surface area contributed by atoms with Crippen LogP contribution in [0.3, 0.4) is 0 Å². The summed E-state index contributed by atoms with van der Waals surface area (Å²) in [6.07, 6.45) is 4.29. The Bertz CT molecular complexity index is 835. The molecule has 4 heteroatoms. The SMILES string of the molecule is Brc1cccc2c(NC3CCCN(c4ccccc4)C3)ccnc12. The van der Waals surface area contributed by atoms with Crippen LogP contribution in [0.25, 0.3) is 10.9 Å². The van der Waals surface area contributed by atoms with Crippen molar-refractivity contribution in [3.63, 3.8) is 0 Å². The number of halogens is 1. The summed E-state index contributed by atoms with van der Waals surface area (Å²) in [6, 6.07) is 19.5. The fourth-order valence-electron chi connectivity index (χ4n) is 3.45. The summed E-state index contributed by atoms with van der Waals surface area (Å²) in [5.74, 6) is 0. The first-order valence-corrected chi connectivity index (χ1v) is 9.20. The van der Waals surface area contributed by atoms with Gasteiger partial charge in [-0.05, 0) is 53.0 Å². The van der Waals surface area contributed by atoms with Gasteiger partial charge in [0.15, 0.2) is 0 Å². The van der Waals surface area contributed by atoms with Gasteiger partial charge in [-0.1, -0.05) is 30.3 Å². The van der Waals surface area contributed by atoms with Crippen LogP contribution in [0.15, 0.2) is 65.3 Å². The van der Waals surface area contributed by atoms with Gasteiger partial charge in [-0.3, -0.25) is 4.98 Å². The number of pyridine rings is 1. The lowest BCUT2D eigenvalue weighted by molar-refractivity contribution is 0.530. The summed E-state index contributed by atoms with van der Waals surface area (Å²) >= 11 is 3.60. The van der Waals surface area contributed by atoms with Crippen molar-refractivity contribution in [2.24, 2.45) is 0 Å². The molecule has 1 aromatic heterocycles. The maximum Gasteiger partial charge on any atom is 0.0864 e. The Morgan fingerprint density at radius 1 is 1.04 bits per heavy atom. The van der Waals surface area contributed by atoms with Crippen LogP contribution < -0.4 is 10.2 Å². The molecular formula is C20H20BrN3. The molecule has 1 saturated heterocycles. The fourth-order valence-corrected chi connectivity index (χ4v) is 3.92. The van der Waals surface area contributed by atoms with Gasteiger partial charge < -0.3 is 10.2 Å². The highest BCUT2D eigenvalue weighted by Gasteiger charge is 2.20. The number of anilines is 2. The van der Waals surface area contributed by atoms with E-state index in [-0.39, 0.29) is 0 Å². The molecule has 122 valence electrons. The fraction of sp³-hybridized carbons (Fsp3) is 0.250. The zero-order valence-electron chi connectivity index (χ0n) is 13.5. The standard InChI is InChI=1S/C20H20BrN3/c21-18-10-4-9-17-19(11-12-22-20(17)18)23-15-6-5-13-24(14-15)16-7-2-1-3-8-16/h1-4,7-12,15H,5-6,13-14H2,(H,22,23). The Kier molecular flexibility index (Phi) is 4.39. The first-order chi connectivity index (χ1) is 11.8. The molecule has 0 spiro atoms. The molecule has 0 aliphatic carbocycles. The lowest BCUT2D eigenvalue weighted by Gasteiger charge is -2.35. The number of fused-ring (bicyclic) bond motifs is 1. The monoisotopic (exact) mass is 381 g/mol. The molecule has 2 aromatic carbocycles. The quantitative estimate of drug-likeness (QED) is 0.685. The third-order valence-electron chi connectivity index (χ3n) is 4.62. The van der Waals surface area contributed by atoms with Crippen LogP contribution in [0.1, 0.15) is 12.8 Å². The van der Waals surface area contributed by atoms with Gasteiger partial charge in [0.25, 0.3) is 0 Å². The lowest BCUT2D eigenvalue weighted by Crippen LogP contribution is -2.42. The van der Waals surface area contributed by atoms with Crippen LogP contribution in [-0.2, 0) is 0 Å². The molecule has 1 aliphatic heterocycles. The van der Waals surface area contributed by atoms with E-state index in [1.54, 1.807) is 0 Å². The zero-order valence-corrected chi connectivity index (χ0v) is 15.0. The minimum absolute atomic E-state index is 0.448. The largest absolute Gasteiger partial charge is 0.380 e. The smallest absolute Gasteiger partial charge is 0.0864 e. The van der Waals surface area contributed by atoms with E-state index < -0.39 is 0 Å². The number of rotatable bonds is 3. The third kappa shape index (κ3) is 3.11. The molecule has 0 amide bonds. The number of piperidine rings is 1. The van der Waals surface area contributed by atoms with E-state index in [2.05, 4.69) is 79.7 Å². The highest BCUT2D eigenvalue weighted by Crippen LogP contribution is 2.29. The summed E-state index contributed by atoms with van der Waals surface area (Å²) in [5.41, 5.74) is 3.49. The van der Waals surface area contributed by atoms with Crippen LogP contribution in [0.5, 0.6) is 0 Å². The number of para-hydroxylation sites is 2. The molecular weight excluding hydrogens is 362 g/mol. The van der Waals surface area contributed by atoms with E-state index in [1.807, 2.05) is 12.3 Å².